The van der Waals surface area contributed by atoms with Crippen LogP contribution in [0.15, 0.2) is 95.9 Å². The number of amides is 1. The van der Waals surface area contributed by atoms with Gasteiger partial charge in [0, 0.05) is 21.7 Å². The van der Waals surface area contributed by atoms with Gasteiger partial charge in [0.25, 0.3) is 15.9 Å². The predicted octanol–water partition coefficient (Wildman–Crippen LogP) is 7.88. The van der Waals surface area contributed by atoms with Crippen LogP contribution in [0.25, 0.3) is 22.2 Å². The van der Waals surface area contributed by atoms with Gasteiger partial charge in [-0.25, -0.2) is 13.4 Å². The lowest BCUT2D eigenvalue weighted by Gasteiger charge is -2.16. The number of hydrogen-bond acceptors (Lipinski definition) is 4. The molecule has 1 aromatic heterocycles. The van der Waals surface area contributed by atoms with Crippen LogP contribution in [0.2, 0.25) is 10.0 Å². The molecule has 0 unspecified atom stereocenters. The van der Waals surface area contributed by atoms with Crippen molar-refractivity contribution < 1.29 is 13.2 Å². The summed E-state index contributed by atoms with van der Waals surface area (Å²) in [5, 5.41) is 4.40. The molecule has 0 aliphatic rings. The first kappa shape index (κ1) is 26.7. The van der Waals surface area contributed by atoms with E-state index in [1.807, 2.05) is 43.3 Å². The van der Waals surface area contributed by atoms with Crippen LogP contribution >= 0.6 is 23.2 Å². The third-order valence-electron chi connectivity index (χ3n) is 6.31. The summed E-state index contributed by atoms with van der Waals surface area (Å²) < 4.78 is 29.0. The number of sulfonamides is 1. The molecule has 4 aromatic carbocycles. The van der Waals surface area contributed by atoms with E-state index in [1.165, 1.54) is 6.07 Å². The van der Waals surface area contributed by atoms with Crippen molar-refractivity contribution in [3.05, 3.63) is 118 Å². The average Bonchev–Trinajstić information content (AvgIpc) is 2.90. The van der Waals surface area contributed by atoms with Gasteiger partial charge in [0.1, 0.15) is 0 Å². The maximum absolute atomic E-state index is 13.7. The van der Waals surface area contributed by atoms with Gasteiger partial charge < -0.3 is 5.32 Å². The molecule has 6 nitrogen and oxygen atoms in total. The number of halogens is 2. The number of benzene rings is 4. The van der Waals surface area contributed by atoms with Crippen LogP contribution in [-0.2, 0) is 10.0 Å². The minimum atomic E-state index is -3.99. The number of carbonyl (C=O) groups is 1. The summed E-state index contributed by atoms with van der Waals surface area (Å²) in [5.41, 5.74) is 4.30. The van der Waals surface area contributed by atoms with Crippen molar-refractivity contribution in [1.82, 2.24) is 4.98 Å². The van der Waals surface area contributed by atoms with Gasteiger partial charge >= 0.3 is 0 Å². The van der Waals surface area contributed by atoms with Crippen LogP contribution in [-0.4, -0.2) is 19.3 Å². The van der Waals surface area contributed by atoms with Gasteiger partial charge in [-0.05, 0) is 67.4 Å². The molecule has 0 aliphatic carbocycles. The number of para-hydroxylation sites is 2. The van der Waals surface area contributed by atoms with Crippen molar-refractivity contribution >= 4 is 61.4 Å². The van der Waals surface area contributed by atoms with Crippen LogP contribution in [0.1, 0.15) is 21.5 Å². The summed E-state index contributed by atoms with van der Waals surface area (Å²) >= 11 is 12.4. The molecule has 0 bridgehead atoms. The van der Waals surface area contributed by atoms with E-state index in [4.69, 9.17) is 28.2 Å². The minimum Gasteiger partial charge on any atom is -0.322 e. The molecule has 0 radical (unpaired) electrons. The summed E-state index contributed by atoms with van der Waals surface area (Å²) in [6, 6.07) is 26.0. The van der Waals surface area contributed by atoms with E-state index in [9.17, 15) is 13.2 Å². The summed E-state index contributed by atoms with van der Waals surface area (Å²) in [5.74, 6) is -0.388. The smallest absolute Gasteiger partial charge is 0.262 e. The number of rotatable bonds is 6. The lowest BCUT2D eigenvalue weighted by atomic mass is 9.97. The van der Waals surface area contributed by atoms with Crippen molar-refractivity contribution in [2.75, 3.05) is 10.0 Å². The number of fused-ring (bicyclic) bond motifs is 1. The predicted molar refractivity (Wildman–Crippen MR) is 158 cm³/mol. The Morgan fingerprint density at radius 3 is 2.36 bits per heavy atom. The zero-order valence-corrected chi connectivity index (χ0v) is 23.3. The number of pyridine rings is 1. The van der Waals surface area contributed by atoms with Gasteiger partial charge in [0.15, 0.2) is 0 Å². The molecule has 5 aromatic rings. The first-order valence-corrected chi connectivity index (χ1v) is 14.2. The lowest BCUT2D eigenvalue weighted by molar-refractivity contribution is 0.102. The van der Waals surface area contributed by atoms with Gasteiger partial charge in [-0.2, -0.15) is 0 Å². The van der Waals surface area contributed by atoms with E-state index in [-0.39, 0.29) is 21.5 Å². The van der Waals surface area contributed by atoms with Crippen molar-refractivity contribution in [3.8, 4) is 11.3 Å². The standard InChI is InChI=1S/C30H23Cl2N3O3S/c1-18-14-15-22(17-27(18)39(37,38)35-26-13-6-4-11-24(26)32)33-30(36)28-19(2)29(20-8-7-9-21(31)16-20)34-25-12-5-3-10-23(25)28/h3-17,35H,1-2H3,(H,33,36). The molecule has 1 heterocycles. The molecule has 5 rings (SSSR count). The van der Waals surface area contributed by atoms with Crippen LogP contribution in [0.4, 0.5) is 11.4 Å². The van der Waals surface area contributed by atoms with E-state index < -0.39 is 10.0 Å². The van der Waals surface area contributed by atoms with Crippen molar-refractivity contribution in [2.24, 2.45) is 0 Å². The third-order valence-corrected chi connectivity index (χ3v) is 8.39. The van der Waals surface area contributed by atoms with Crippen LogP contribution in [0.3, 0.4) is 0 Å². The first-order chi connectivity index (χ1) is 18.6. The second kappa shape index (κ2) is 10.7. The summed E-state index contributed by atoms with van der Waals surface area (Å²) in [4.78, 5) is 18.6. The van der Waals surface area contributed by atoms with Crippen molar-refractivity contribution in [1.29, 1.82) is 0 Å². The molecule has 0 aliphatic heterocycles. The number of aromatic nitrogens is 1. The van der Waals surface area contributed by atoms with E-state index in [1.54, 1.807) is 55.5 Å². The molecule has 0 saturated heterocycles. The Bertz CT molecular complexity index is 1860. The molecular formula is C30H23Cl2N3O3S. The largest absolute Gasteiger partial charge is 0.322 e. The fourth-order valence-electron chi connectivity index (χ4n) is 4.42. The monoisotopic (exact) mass is 575 g/mol. The molecule has 2 N–H and O–H groups in total. The SMILES string of the molecule is Cc1ccc(NC(=O)c2c(C)c(-c3cccc(Cl)c3)nc3ccccc23)cc1S(=O)(=O)Nc1ccccc1Cl. The molecule has 0 saturated carbocycles. The maximum Gasteiger partial charge on any atom is 0.262 e. The normalized spacial score (nSPS) is 11.4. The molecule has 39 heavy (non-hydrogen) atoms. The minimum absolute atomic E-state index is 0.0242. The zero-order valence-electron chi connectivity index (χ0n) is 21.0. The molecule has 196 valence electrons. The molecule has 9 heteroatoms. The van der Waals surface area contributed by atoms with E-state index in [2.05, 4.69) is 10.0 Å². The van der Waals surface area contributed by atoms with Gasteiger partial charge in [0.2, 0.25) is 0 Å². The van der Waals surface area contributed by atoms with Crippen LogP contribution < -0.4 is 10.0 Å². The number of hydrogen-bond donors (Lipinski definition) is 2. The molecule has 0 atom stereocenters. The Labute approximate surface area is 236 Å². The van der Waals surface area contributed by atoms with Gasteiger partial charge in [-0.3, -0.25) is 9.52 Å². The van der Waals surface area contributed by atoms with Gasteiger partial charge in [-0.15, -0.1) is 0 Å². The Hall–Kier alpha value is -3.91. The Morgan fingerprint density at radius 2 is 1.59 bits per heavy atom. The highest BCUT2D eigenvalue weighted by atomic mass is 35.5. The van der Waals surface area contributed by atoms with Crippen molar-refractivity contribution in [3.63, 3.8) is 0 Å². The molecule has 1 amide bonds. The van der Waals surface area contributed by atoms with Crippen molar-refractivity contribution in [2.45, 2.75) is 18.7 Å². The highest BCUT2D eigenvalue weighted by Crippen LogP contribution is 2.32. The average molecular weight is 577 g/mol. The topological polar surface area (TPSA) is 88.2 Å². The Balaban J connectivity index is 1.54. The van der Waals surface area contributed by atoms with E-state index >= 15 is 0 Å². The fourth-order valence-corrected chi connectivity index (χ4v) is 6.20. The fraction of sp³-hybridized carbons (Fsp3) is 0.0667. The van der Waals surface area contributed by atoms with Crippen LogP contribution in [0.5, 0.6) is 0 Å². The van der Waals surface area contributed by atoms with E-state index in [0.717, 1.165) is 5.56 Å². The Kier molecular flexibility index (Phi) is 7.32. The Morgan fingerprint density at radius 1 is 0.846 bits per heavy atom. The lowest BCUT2D eigenvalue weighted by Crippen LogP contribution is -2.17. The number of aryl methyl sites for hydroxylation is 1. The zero-order chi connectivity index (χ0) is 27.7. The molecular weight excluding hydrogens is 553 g/mol. The number of anilines is 2. The van der Waals surface area contributed by atoms with Crippen LogP contribution in [0, 0.1) is 13.8 Å². The maximum atomic E-state index is 13.7. The number of nitrogens with one attached hydrogen (secondary N) is 2. The summed E-state index contributed by atoms with van der Waals surface area (Å²) in [6.07, 6.45) is 0. The second-order valence-corrected chi connectivity index (χ2v) is 11.5. The highest BCUT2D eigenvalue weighted by molar-refractivity contribution is 7.92. The van der Waals surface area contributed by atoms with E-state index in [0.29, 0.717) is 44.0 Å². The molecule has 0 spiro atoms. The summed E-state index contributed by atoms with van der Waals surface area (Å²) in [6.45, 7) is 3.52. The number of carbonyl (C=O) groups excluding carboxylic acids is 1. The molecule has 0 fully saturated rings. The second-order valence-electron chi connectivity index (χ2n) is 9.01. The number of nitrogens with zero attached hydrogens (tertiary/aromatic N) is 1. The first-order valence-electron chi connectivity index (χ1n) is 12.0. The summed E-state index contributed by atoms with van der Waals surface area (Å²) in [7, 11) is -3.99. The van der Waals surface area contributed by atoms with Gasteiger partial charge in [0.05, 0.1) is 32.4 Å². The highest BCUT2D eigenvalue weighted by Gasteiger charge is 2.22. The quantitative estimate of drug-likeness (QED) is 0.215. The van der Waals surface area contributed by atoms with Gasteiger partial charge in [-0.1, -0.05) is 71.7 Å². The third kappa shape index (κ3) is 5.47.